The number of fused-ring (bicyclic) bond motifs is 3. The average Bonchev–Trinajstić information content (AvgIpc) is 3.45. The fraction of sp³-hybridized carbons (Fsp3) is 0.654. The summed E-state index contributed by atoms with van der Waals surface area (Å²) in [4.78, 5) is 25.3. The number of amides is 1. The molecule has 184 valence electrons. The van der Waals surface area contributed by atoms with Crippen molar-refractivity contribution in [3.05, 3.63) is 16.8 Å². The number of likely N-dealkylation sites (tertiary alicyclic amines) is 1. The van der Waals surface area contributed by atoms with Crippen molar-refractivity contribution >= 4 is 44.3 Å². The van der Waals surface area contributed by atoms with Gasteiger partial charge in [0.05, 0.1) is 15.7 Å². The van der Waals surface area contributed by atoms with Crippen LogP contribution in [-0.4, -0.2) is 51.6 Å². The van der Waals surface area contributed by atoms with Crippen LogP contribution < -0.4 is 5.73 Å². The van der Waals surface area contributed by atoms with Crippen molar-refractivity contribution < 1.29 is 9.53 Å². The molecule has 2 aliphatic heterocycles. The van der Waals surface area contributed by atoms with Crippen LogP contribution in [0.5, 0.6) is 0 Å². The number of anilines is 1. The number of piperidine rings is 1. The monoisotopic (exact) mass is 483 g/mol. The van der Waals surface area contributed by atoms with Gasteiger partial charge in [0.1, 0.15) is 11.3 Å². The van der Waals surface area contributed by atoms with E-state index in [9.17, 15) is 4.79 Å². The standard InChI is InChI=1S/C26H37N5O2S/c1-3-5-6-21-29-23-24(31(21)16-17-9-13-33-14-10-17)25-19(28-26(23)27)15-20(34-25)18-7-11-30(12-8-18)22(32)4-2/h15,17-18H,3-14,16H2,1-2H3,(H2,27,28). The zero-order valence-corrected chi connectivity index (χ0v) is 21.3. The fourth-order valence-corrected chi connectivity index (χ4v) is 6.81. The molecule has 0 aromatic carbocycles. The lowest BCUT2D eigenvalue weighted by Gasteiger charge is -2.31. The molecule has 2 saturated heterocycles. The molecule has 5 heterocycles. The summed E-state index contributed by atoms with van der Waals surface area (Å²) in [6, 6.07) is 2.25. The Morgan fingerprint density at radius 2 is 1.94 bits per heavy atom. The second-order valence-corrected chi connectivity index (χ2v) is 10.9. The minimum Gasteiger partial charge on any atom is -0.382 e. The second kappa shape index (κ2) is 10.2. The summed E-state index contributed by atoms with van der Waals surface area (Å²) in [5.74, 6) is 3.03. The number of rotatable bonds is 7. The van der Waals surface area contributed by atoms with Crippen molar-refractivity contribution in [3.8, 4) is 0 Å². The Morgan fingerprint density at radius 1 is 1.18 bits per heavy atom. The number of nitrogens with two attached hydrogens (primary N) is 1. The third kappa shape index (κ3) is 4.54. The van der Waals surface area contributed by atoms with Gasteiger partial charge < -0.3 is 19.9 Å². The van der Waals surface area contributed by atoms with Gasteiger partial charge >= 0.3 is 0 Å². The molecule has 0 bridgehead atoms. The topological polar surface area (TPSA) is 86.3 Å². The van der Waals surface area contributed by atoms with Crippen LogP contribution in [-0.2, 0) is 22.5 Å². The van der Waals surface area contributed by atoms with Crippen LogP contribution in [0.1, 0.15) is 75.4 Å². The lowest BCUT2D eigenvalue weighted by molar-refractivity contribution is -0.131. The van der Waals surface area contributed by atoms with Crippen LogP contribution in [0, 0.1) is 5.92 Å². The number of pyridine rings is 1. The van der Waals surface area contributed by atoms with Crippen molar-refractivity contribution in [2.45, 2.75) is 77.7 Å². The summed E-state index contributed by atoms with van der Waals surface area (Å²) in [5.41, 5.74) is 9.51. The Morgan fingerprint density at radius 3 is 2.65 bits per heavy atom. The highest BCUT2D eigenvalue weighted by Gasteiger charge is 2.27. The minimum atomic E-state index is 0.266. The molecule has 0 atom stereocenters. The maximum absolute atomic E-state index is 12.1. The van der Waals surface area contributed by atoms with Crippen molar-refractivity contribution in [3.63, 3.8) is 0 Å². The first kappa shape index (κ1) is 23.5. The minimum absolute atomic E-state index is 0.266. The molecule has 2 fully saturated rings. The van der Waals surface area contributed by atoms with Crippen molar-refractivity contribution in [1.82, 2.24) is 19.4 Å². The van der Waals surface area contributed by atoms with Gasteiger partial charge in [-0.25, -0.2) is 9.97 Å². The van der Waals surface area contributed by atoms with Gasteiger partial charge in [-0.3, -0.25) is 4.79 Å². The molecule has 5 rings (SSSR count). The van der Waals surface area contributed by atoms with Gasteiger partial charge in [-0.1, -0.05) is 20.3 Å². The lowest BCUT2D eigenvalue weighted by Crippen LogP contribution is -2.37. The number of carbonyl (C=O) groups excluding carboxylic acids is 1. The number of nitrogen functional groups attached to an aromatic ring is 1. The predicted octanol–water partition coefficient (Wildman–Crippen LogP) is 5.11. The summed E-state index contributed by atoms with van der Waals surface area (Å²) in [6.45, 7) is 8.54. The van der Waals surface area contributed by atoms with E-state index in [2.05, 4.69) is 17.6 Å². The van der Waals surface area contributed by atoms with Crippen molar-refractivity contribution in [1.29, 1.82) is 0 Å². The van der Waals surface area contributed by atoms with E-state index in [1.54, 1.807) is 0 Å². The molecule has 2 aliphatic rings. The Hall–Kier alpha value is -2.19. The highest BCUT2D eigenvalue weighted by atomic mass is 32.1. The molecule has 1 amide bonds. The quantitative estimate of drug-likeness (QED) is 0.504. The molecule has 2 N–H and O–H groups in total. The van der Waals surface area contributed by atoms with E-state index in [0.29, 0.717) is 24.1 Å². The SMILES string of the molecule is CCCCc1nc2c(N)nc3cc(C4CCN(C(=O)CC)CC4)sc3c2n1CC1CCOCC1. The van der Waals surface area contributed by atoms with Crippen LogP contribution in [0.4, 0.5) is 5.82 Å². The summed E-state index contributed by atoms with van der Waals surface area (Å²) in [5, 5.41) is 0. The molecular weight excluding hydrogens is 446 g/mol. The molecule has 34 heavy (non-hydrogen) atoms. The number of hydrogen-bond donors (Lipinski definition) is 1. The van der Waals surface area contributed by atoms with E-state index in [1.165, 1.54) is 15.1 Å². The highest BCUT2D eigenvalue weighted by Crippen LogP contribution is 2.40. The van der Waals surface area contributed by atoms with Crippen LogP contribution >= 0.6 is 11.3 Å². The zero-order valence-electron chi connectivity index (χ0n) is 20.5. The van der Waals surface area contributed by atoms with Crippen LogP contribution in [0.2, 0.25) is 0 Å². The lowest BCUT2D eigenvalue weighted by atomic mass is 9.95. The van der Waals surface area contributed by atoms with E-state index < -0.39 is 0 Å². The third-order valence-corrected chi connectivity index (χ3v) is 8.86. The molecule has 3 aromatic heterocycles. The Balaban J connectivity index is 1.52. The number of carbonyl (C=O) groups is 1. The number of nitrogens with zero attached hydrogens (tertiary/aromatic N) is 4. The number of aryl methyl sites for hydroxylation is 1. The van der Waals surface area contributed by atoms with E-state index in [4.69, 9.17) is 20.4 Å². The number of ether oxygens (including phenoxy) is 1. The number of thiophene rings is 1. The van der Waals surface area contributed by atoms with Gasteiger partial charge in [0.2, 0.25) is 5.91 Å². The van der Waals surface area contributed by atoms with Crippen molar-refractivity contribution in [2.75, 3.05) is 32.0 Å². The largest absolute Gasteiger partial charge is 0.382 e. The van der Waals surface area contributed by atoms with Gasteiger partial charge in [-0.2, -0.15) is 0 Å². The molecule has 0 unspecified atom stereocenters. The molecule has 8 heteroatoms. The first-order chi connectivity index (χ1) is 16.6. The third-order valence-electron chi connectivity index (χ3n) is 7.56. The number of unbranched alkanes of at least 4 members (excludes halogenated alkanes) is 1. The van der Waals surface area contributed by atoms with Gasteiger partial charge in [0.25, 0.3) is 0 Å². The van der Waals surface area contributed by atoms with Crippen LogP contribution in [0.3, 0.4) is 0 Å². The normalized spacial score (nSPS) is 18.4. The highest BCUT2D eigenvalue weighted by molar-refractivity contribution is 7.20. The Kier molecular flexibility index (Phi) is 7.06. The molecule has 0 aliphatic carbocycles. The molecule has 3 aromatic rings. The number of hydrogen-bond acceptors (Lipinski definition) is 6. The number of imidazole rings is 1. The zero-order chi connectivity index (χ0) is 23.7. The maximum Gasteiger partial charge on any atom is 0.222 e. The molecular formula is C26H37N5O2S. The predicted molar refractivity (Wildman–Crippen MR) is 138 cm³/mol. The van der Waals surface area contributed by atoms with E-state index in [0.717, 1.165) is 94.7 Å². The average molecular weight is 484 g/mol. The van der Waals surface area contributed by atoms with Gasteiger partial charge in [-0.15, -0.1) is 11.3 Å². The molecule has 0 saturated carbocycles. The van der Waals surface area contributed by atoms with Gasteiger partial charge in [0.15, 0.2) is 5.82 Å². The Bertz CT molecular complexity index is 1160. The number of aromatic nitrogens is 3. The Labute approximate surface area is 205 Å². The van der Waals surface area contributed by atoms with Crippen molar-refractivity contribution in [2.24, 2.45) is 5.92 Å². The first-order valence-electron chi connectivity index (χ1n) is 13.0. The second-order valence-electron chi connectivity index (χ2n) is 9.86. The van der Waals surface area contributed by atoms with E-state index >= 15 is 0 Å². The van der Waals surface area contributed by atoms with E-state index in [1.807, 2.05) is 23.2 Å². The molecule has 7 nitrogen and oxygen atoms in total. The summed E-state index contributed by atoms with van der Waals surface area (Å²) in [7, 11) is 0. The molecule has 0 radical (unpaired) electrons. The first-order valence-corrected chi connectivity index (χ1v) is 13.8. The van der Waals surface area contributed by atoms with Gasteiger partial charge in [0, 0.05) is 50.6 Å². The van der Waals surface area contributed by atoms with Crippen LogP contribution in [0.15, 0.2) is 6.07 Å². The maximum atomic E-state index is 12.1. The molecule has 0 spiro atoms. The summed E-state index contributed by atoms with van der Waals surface area (Å²) < 4.78 is 9.29. The summed E-state index contributed by atoms with van der Waals surface area (Å²) >= 11 is 1.86. The van der Waals surface area contributed by atoms with Gasteiger partial charge in [-0.05, 0) is 50.0 Å². The van der Waals surface area contributed by atoms with Crippen LogP contribution in [0.25, 0.3) is 21.3 Å². The van der Waals surface area contributed by atoms with E-state index in [-0.39, 0.29) is 5.91 Å². The smallest absolute Gasteiger partial charge is 0.222 e. The summed E-state index contributed by atoms with van der Waals surface area (Å²) in [6.07, 6.45) is 8.05. The fourth-order valence-electron chi connectivity index (χ4n) is 5.49.